The molecule has 0 aliphatic rings. The molecule has 4 heteroatoms. The lowest BCUT2D eigenvalue weighted by atomic mass is 10.1. The monoisotopic (exact) mass is 240 g/mol. The summed E-state index contributed by atoms with van der Waals surface area (Å²) in [6.07, 6.45) is 2.54. The summed E-state index contributed by atoms with van der Waals surface area (Å²) >= 11 is 1.47. The molecule has 0 fully saturated rings. The van der Waals surface area contributed by atoms with Gasteiger partial charge in [-0.05, 0) is 24.3 Å². The molecule has 0 radical (unpaired) electrons. The van der Waals surface area contributed by atoms with Gasteiger partial charge in [-0.1, -0.05) is 6.07 Å². The lowest BCUT2D eigenvalue weighted by Crippen LogP contribution is -1.82. The number of fused-ring (bicyclic) bond motifs is 1. The summed E-state index contributed by atoms with van der Waals surface area (Å²) in [6, 6.07) is 9.90. The summed E-state index contributed by atoms with van der Waals surface area (Å²) < 4.78 is 0. The third kappa shape index (κ3) is 1.83. The van der Waals surface area contributed by atoms with Crippen molar-refractivity contribution in [2.45, 2.75) is 0 Å². The van der Waals surface area contributed by atoms with E-state index in [1.807, 2.05) is 30.3 Å². The Bertz CT molecular complexity index is 690. The van der Waals surface area contributed by atoms with Crippen molar-refractivity contribution < 1.29 is 4.79 Å². The molecule has 0 saturated heterocycles. The molecule has 3 nitrogen and oxygen atoms in total. The highest BCUT2D eigenvalue weighted by molar-refractivity contribution is 7.13. The number of hydrogen-bond acceptors (Lipinski definition) is 4. The van der Waals surface area contributed by atoms with Crippen LogP contribution in [0.5, 0.6) is 0 Å². The van der Waals surface area contributed by atoms with Crippen LogP contribution in [0.25, 0.3) is 21.5 Å². The second kappa shape index (κ2) is 4.07. The topological polar surface area (TPSA) is 42.9 Å². The molecule has 0 bridgehead atoms. The zero-order valence-electron chi connectivity index (χ0n) is 8.83. The predicted molar refractivity (Wildman–Crippen MR) is 68.2 cm³/mol. The van der Waals surface area contributed by atoms with Crippen LogP contribution in [0, 0.1) is 0 Å². The molecule has 0 unspecified atom stereocenters. The van der Waals surface area contributed by atoms with Gasteiger partial charge < -0.3 is 0 Å². The fraction of sp³-hybridized carbons (Fsp3) is 0. The number of thiazole rings is 1. The van der Waals surface area contributed by atoms with E-state index < -0.39 is 0 Å². The van der Waals surface area contributed by atoms with E-state index in [1.165, 1.54) is 11.3 Å². The van der Waals surface area contributed by atoms with E-state index in [2.05, 4.69) is 9.97 Å². The Labute approximate surface area is 102 Å². The van der Waals surface area contributed by atoms with E-state index in [-0.39, 0.29) is 0 Å². The van der Waals surface area contributed by atoms with Gasteiger partial charge in [0.15, 0.2) is 6.29 Å². The van der Waals surface area contributed by atoms with E-state index in [0.717, 1.165) is 27.8 Å². The van der Waals surface area contributed by atoms with E-state index >= 15 is 0 Å². The summed E-state index contributed by atoms with van der Waals surface area (Å²) in [5, 5.41) is 3.70. The molecule has 0 N–H and O–H groups in total. The molecule has 2 aromatic heterocycles. The lowest BCUT2D eigenvalue weighted by molar-refractivity contribution is 0.111. The number of rotatable bonds is 2. The van der Waals surface area contributed by atoms with Gasteiger partial charge in [0, 0.05) is 22.5 Å². The van der Waals surface area contributed by atoms with E-state index in [0.29, 0.717) is 5.69 Å². The Balaban J connectivity index is 2.14. The van der Waals surface area contributed by atoms with Crippen LogP contribution in [-0.4, -0.2) is 16.3 Å². The van der Waals surface area contributed by atoms with Crippen molar-refractivity contribution in [1.29, 1.82) is 0 Å². The smallest absolute Gasteiger partial charge is 0.169 e. The van der Waals surface area contributed by atoms with Crippen LogP contribution in [0.1, 0.15) is 10.5 Å². The van der Waals surface area contributed by atoms with Crippen molar-refractivity contribution in [3.05, 3.63) is 47.6 Å². The van der Waals surface area contributed by atoms with Crippen LogP contribution in [0.2, 0.25) is 0 Å². The maximum atomic E-state index is 10.6. The summed E-state index contributed by atoms with van der Waals surface area (Å²) in [7, 11) is 0. The standard InChI is InChI=1S/C13H8N2OS/c16-7-11-8-17-13(15-11)10-3-4-12-9(6-10)2-1-5-14-12/h1-8H. The van der Waals surface area contributed by atoms with Gasteiger partial charge in [-0.15, -0.1) is 11.3 Å². The first kappa shape index (κ1) is 10.1. The summed E-state index contributed by atoms with van der Waals surface area (Å²) in [5.41, 5.74) is 2.46. The maximum Gasteiger partial charge on any atom is 0.169 e. The van der Waals surface area contributed by atoms with Crippen molar-refractivity contribution in [3.63, 3.8) is 0 Å². The lowest BCUT2D eigenvalue weighted by Gasteiger charge is -1.99. The molecule has 0 atom stereocenters. The molecule has 0 aliphatic carbocycles. The van der Waals surface area contributed by atoms with Crippen LogP contribution in [0.15, 0.2) is 41.9 Å². The van der Waals surface area contributed by atoms with E-state index in [1.54, 1.807) is 11.6 Å². The first-order valence-corrected chi connectivity index (χ1v) is 6.00. The van der Waals surface area contributed by atoms with Gasteiger partial charge in [-0.2, -0.15) is 0 Å². The average Bonchev–Trinajstić information content (AvgIpc) is 2.87. The summed E-state index contributed by atoms with van der Waals surface area (Å²) in [6.45, 7) is 0. The highest BCUT2D eigenvalue weighted by Gasteiger charge is 2.05. The fourth-order valence-corrected chi connectivity index (χ4v) is 2.44. The molecule has 3 aromatic rings. The van der Waals surface area contributed by atoms with Crippen molar-refractivity contribution >= 4 is 28.5 Å². The van der Waals surface area contributed by atoms with Crippen molar-refractivity contribution in [1.82, 2.24) is 9.97 Å². The molecule has 0 amide bonds. The van der Waals surface area contributed by atoms with Gasteiger partial charge in [0.25, 0.3) is 0 Å². The Hall–Kier alpha value is -2.07. The molecule has 2 heterocycles. The number of aldehydes is 1. The normalized spacial score (nSPS) is 10.6. The number of carbonyl (C=O) groups is 1. The predicted octanol–water partition coefficient (Wildman–Crippen LogP) is 3.17. The van der Waals surface area contributed by atoms with Crippen molar-refractivity contribution in [2.75, 3.05) is 0 Å². The van der Waals surface area contributed by atoms with Crippen LogP contribution in [0.4, 0.5) is 0 Å². The van der Waals surface area contributed by atoms with E-state index in [9.17, 15) is 4.79 Å². The summed E-state index contributed by atoms with van der Waals surface area (Å²) in [4.78, 5) is 19.1. The first-order chi connectivity index (χ1) is 8.36. The average molecular weight is 240 g/mol. The fourth-order valence-electron chi connectivity index (χ4n) is 1.68. The molecular formula is C13H8N2OS. The summed E-state index contributed by atoms with van der Waals surface area (Å²) in [5.74, 6) is 0. The van der Waals surface area contributed by atoms with Crippen molar-refractivity contribution in [2.24, 2.45) is 0 Å². The number of aromatic nitrogens is 2. The van der Waals surface area contributed by atoms with Gasteiger partial charge in [-0.3, -0.25) is 9.78 Å². The molecule has 0 saturated carbocycles. The molecule has 1 aromatic carbocycles. The SMILES string of the molecule is O=Cc1csc(-c2ccc3ncccc3c2)n1. The van der Waals surface area contributed by atoms with Gasteiger partial charge in [0.1, 0.15) is 10.7 Å². The minimum absolute atomic E-state index is 0.483. The number of benzene rings is 1. The first-order valence-electron chi connectivity index (χ1n) is 5.13. The van der Waals surface area contributed by atoms with E-state index in [4.69, 9.17) is 0 Å². The Morgan fingerprint density at radius 3 is 3.00 bits per heavy atom. The number of pyridine rings is 1. The second-order valence-corrected chi connectivity index (χ2v) is 4.46. The quantitative estimate of drug-likeness (QED) is 0.646. The molecule has 17 heavy (non-hydrogen) atoms. The molecular weight excluding hydrogens is 232 g/mol. The molecule has 0 aliphatic heterocycles. The number of hydrogen-bond donors (Lipinski definition) is 0. The van der Waals surface area contributed by atoms with Gasteiger partial charge in [0.05, 0.1) is 5.52 Å². The van der Waals surface area contributed by atoms with Crippen LogP contribution >= 0.6 is 11.3 Å². The van der Waals surface area contributed by atoms with Gasteiger partial charge in [0.2, 0.25) is 0 Å². The Morgan fingerprint density at radius 1 is 1.24 bits per heavy atom. The maximum absolute atomic E-state index is 10.6. The van der Waals surface area contributed by atoms with Crippen LogP contribution in [-0.2, 0) is 0 Å². The van der Waals surface area contributed by atoms with Crippen LogP contribution < -0.4 is 0 Å². The minimum Gasteiger partial charge on any atom is -0.296 e. The highest BCUT2D eigenvalue weighted by Crippen LogP contribution is 2.26. The Morgan fingerprint density at radius 2 is 2.18 bits per heavy atom. The zero-order valence-corrected chi connectivity index (χ0v) is 9.65. The highest BCUT2D eigenvalue weighted by atomic mass is 32.1. The van der Waals surface area contributed by atoms with Gasteiger partial charge in [-0.25, -0.2) is 4.98 Å². The van der Waals surface area contributed by atoms with Crippen molar-refractivity contribution in [3.8, 4) is 10.6 Å². The van der Waals surface area contributed by atoms with Crippen LogP contribution in [0.3, 0.4) is 0 Å². The molecule has 3 rings (SSSR count). The van der Waals surface area contributed by atoms with Gasteiger partial charge >= 0.3 is 0 Å². The number of nitrogens with zero attached hydrogens (tertiary/aromatic N) is 2. The third-order valence-electron chi connectivity index (χ3n) is 2.49. The Kier molecular flexibility index (Phi) is 2.42. The second-order valence-electron chi connectivity index (χ2n) is 3.61. The third-order valence-corrected chi connectivity index (χ3v) is 3.40. The largest absolute Gasteiger partial charge is 0.296 e. The molecule has 82 valence electrons. The zero-order chi connectivity index (χ0) is 11.7. The minimum atomic E-state index is 0.483. The number of carbonyl (C=O) groups excluding carboxylic acids is 1. The molecule has 0 spiro atoms.